The van der Waals surface area contributed by atoms with E-state index in [-0.39, 0.29) is 6.04 Å². The summed E-state index contributed by atoms with van der Waals surface area (Å²) in [7, 11) is 1.63. The Labute approximate surface area is 128 Å². The lowest BCUT2D eigenvalue weighted by atomic mass is 10.3. The zero-order valence-electron chi connectivity index (χ0n) is 12.4. The molecule has 0 atom stereocenters. The first-order valence-corrected chi connectivity index (χ1v) is 7.71. The number of hydrogen-bond donors (Lipinski definition) is 1. The van der Waals surface area contributed by atoms with E-state index in [1.807, 2.05) is 28.8 Å². The van der Waals surface area contributed by atoms with Crippen molar-refractivity contribution in [3.05, 3.63) is 24.3 Å². The Morgan fingerprint density at radius 3 is 2.62 bits per heavy atom. The molecule has 0 bridgehead atoms. The molecule has 1 aromatic carbocycles. The topological polar surface area (TPSA) is 75.2 Å². The molecular formula is C14H20N4O2S. The molecule has 0 aliphatic rings. The molecule has 21 heavy (non-hydrogen) atoms. The van der Waals surface area contributed by atoms with Crippen molar-refractivity contribution in [3.63, 3.8) is 0 Å². The van der Waals surface area contributed by atoms with Gasteiger partial charge >= 0.3 is 0 Å². The molecule has 0 fully saturated rings. The molecule has 2 rings (SSSR count). The van der Waals surface area contributed by atoms with Crippen LogP contribution in [0.5, 0.6) is 11.5 Å². The number of benzene rings is 1. The normalized spacial score (nSPS) is 10.9. The Morgan fingerprint density at radius 1 is 1.24 bits per heavy atom. The number of nitrogen functional groups attached to an aromatic ring is 1. The number of nitrogens with zero attached hydrogens (tertiary/aromatic N) is 3. The van der Waals surface area contributed by atoms with Crippen LogP contribution in [-0.2, 0) is 0 Å². The molecule has 0 saturated carbocycles. The van der Waals surface area contributed by atoms with Crippen molar-refractivity contribution in [2.24, 2.45) is 0 Å². The van der Waals surface area contributed by atoms with Crippen molar-refractivity contribution in [3.8, 4) is 11.5 Å². The van der Waals surface area contributed by atoms with Gasteiger partial charge in [-0.05, 0) is 26.0 Å². The molecular weight excluding hydrogens is 288 g/mol. The first-order chi connectivity index (χ1) is 10.1. The van der Waals surface area contributed by atoms with Crippen molar-refractivity contribution >= 4 is 17.7 Å². The highest BCUT2D eigenvalue weighted by atomic mass is 32.2. The number of nitrogens with two attached hydrogens (primary N) is 1. The number of rotatable bonds is 7. The third kappa shape index (κ3) is 3.81. The minimum Gasteiger partial charge on any atom is -0.493 e. The number of methoxy groups -OCH3 is 1. The molecule has 0 aliphatic carbocycles. The van der Waals surface area contributed by atoms with E-state index in [0.29, 0.717) is 12.6 Å². The standard InChI is InChI=1S/C14H20N4O2S/c1-10(2)18-13(15)16-17-14(18)21-9-8-20-12-7-5-4-6-11(12)19-3/h4-7,10H,8-9H2,1-3H3,(H2,15,16). The van der Waals surface area contributed by atoms with Crippen molar-refractivity contribution in [1.82, 2.24) is 14.8 Å². The molecule has 0 aliphatic heterocycles. The van der Waals surface area contributed by atoms with Gasteiger partial charge in [0.25, 0.3) is 0 Å². The number of anilines is 1. The van der Waals surface area contributed by atoms with Crippen molar-refractivity contribution < 1.29 is 9.47 Å². The largest absolute Gasteiger partial charge is 0.493 e. The minimum absolute atomic E-state index is 0.234. The van der Waals surface area contributed by atoms with E-state index in [0.717, 1.165) is 22.4 Å². The van der Waals surface area contributed by atoms with Crippen LogP contribution in [0.2, 0.25) is 0 Å². The minimum atomic E-state index is 0.234. The Kier molecular flexibility index (Phi) is 5.32. The monoisotopic (exact) mass is 308 g/mol. The molecule has 7 heteroatoms. The van der Waals surface area contributed by atoms with E-state index >= 15 is 0 Å². The Hall–Kier alpha value is -1.89. The maximum absolute atomic E-state index is 5.80. The van der Waals surface area contributed by atoms with E-state index in [1.54, 1.807) is 18.9 Å². The molecule has 0 amide bonds. The van der Waals surface area contributed by atoms with Crippen LogP contribution in [0.3, 0.4) is 0 Å². The molecule has 0 spiro atoms. The smallest absolute Gasteiger partial charge is 0.222 e. The predicted molar refractivity (Wildman–Crippen MR) is 84.0 cm³/mol. The lowest BCUT2D eigenvalue weighted by molar-refractivity contribution is 0.313. The van der Waals surface area contributed by atoms with E-state index in [9.17, 15) is 0 Å². The quantitative estimate of drug-likeness (QED) is 0.626. The molecule has 6 nitrogen and oxygen atoms in total. The van der Waals surface area contributed by atoms with Crippen molar-refractivity contribution in [1.29, 1.82) is 0 Å². The van der Waals surface area contributed by atoms with Gasteiger partial charge in [-0.25, -0.2) is 0 Å². The molecule has 2 aromatic rings. The summed E-state index contributed by atoms with van der Waals surface area (Å²) in [6.45, 7) is 4.65. The molecule has 0 unspecified atom stereocenters. The second-order valence-electron chi connectivity index (χ2n) is 4.65. The zero-order valence-corrected chi connectivity index (χ0v) is 13.3. The van der Waals surface area contributed by atoms with Gasteiger partial charge in [-0.3, -0.25) is 4.57 Å². The van der Waals surface area contributed by atoms with Crippen LogP contribution >= 0.6 is 11.8 Å². The van der Waals surface area contributed by atoms with Crippen molar-refractivity contribution in [2.45, 2.75) is 25.0 Å². The van der Waals surface area contributed by atoms with Gasteiger partial charge in [0.05, 0.1) is 13.7 Å². The maximum Gasteiger partial charge on any atom is 0.222 e. The van der Waals surface area contributed by atoms with Gasteiger partial charge in [-0.2, -0.15) is 0 Å². The predicted octanol–water partition coefficient (Wildman–Crippen LogP) is 2.62. The van der Waals surface area contributed by atoms with Crippen LogP contribution in [0, 0.1) is 0 Å². The van der Waals surface area contributed by atoms with Crippen LogP contribution in [0.1, 0.15) is 19.9 Å². The number of aromatic nitrogens is 3. The molecule has 2 N–H and O–H groups in total. The number of para-hydroxylation sites is 2. The fourth-order valence-corrected chi connectivity index (χ4v) is 2.79. The summed E-state index contributed by atoms with van der Waals surface area (Å²) in [6.07, 6.45) is 0. The third-order valence-corrected chi connectivity index (χ3v) is 3.76. The summed E-state index contributed by atoms with van der Waals surface area (Å²) in [5.41, 5.74) is 5.80. The molecule has 0 radical (unpaired) electrons. The maximum atomic E-state index is 5.80. The molecule has 1 aromatic heterocycles. The number of ether oxygens (including phenoxy) is 2. The summed E-state index contributed by atoms with van der Waals surface area (Å²) >= 11 is 1.57. The van der Waals surface area contributed by atoms with Gasteiger partial charge in [0.15, 0.2) is 16.7 Å². The molecule has 0 saturated heterocycles. The van der Waals surface area contributed by atoms with Gasteiger partial charge < -0.3 is 15.2 Å². The van der Waals surface area contributed by atoms with Crippen LogP contribution in [0.25, 0.3) is 0 Å². The first kappa shape index (κ1) is 15.5. The van der Waals surface area contributed by atoms with Crippen LogP contribution in [-0.4, -0.2) is 34.2 Å². The average molecular weight is 308 g/mol. The SMILES string of the molecule is COc1ccccc1OCCSc1nnc(N)n1C(C)C. The highest BCUT2D eigenvalue weighted by molar-refractivity contribution is 7.99. The summed E-state index contributed by atoms with van der Waals surface area (Å²) in [5, 5.41) is 8.81. The second-order valence-corrected chi connectivity index (χ2v) is 5.71. The Bertz CT molecular complexity index is 586. The zero-order chi connectivity index (χ0) is 15.2. The number of thioether (sulfide) groups is 1. The van der Waals surface area contributed by atoms with Gasteiger partial charge in [-0.15, -0.1) is 10.2 Å². The van der Waals surface area contributed by atoms with Gasteiger partial charge in [-0.1, -0.05) is 23.9 Å². The Balaban J connectivity index is 1.88. The summed E-state index contributed by atoms with van der Waals surface area (Å²) in [6, 6.07) is 7.82. The van der Waals surface area contributed by atoms with Gasteiger partial charge in [0, 0.05) is 11.8 Å². The van der Waals surface area contributed by atoms with E-state index < -0.39 is 0 Å². The van der Waals surface area contributed by atoms with E-state index in [4.69, 9.17) is 15.2 Å². The van der Waals surface area contributed by atoms with Crippen LogP contribution in [0.4, 0.5) is 5.95 Å². The van der Waals surface area contributed by atoms with E-state index in [2.05, 4.69) is 24.0 Å². The fourth-order valence-electron chi connectivity index (χ4n) is 1.89. The Morgan fingerprint density at radius 2 is 1.95 bits per heavy atom. The highest BCUT2D eigenvalue weighted by Gasteiger charge is 2.12. The highest BCUT2D eigenvalue weighted by Crippen LogP contribution is 2.27. The second kappa shape index (κ2) is 7.21. The third-order valence-electron chi connectivity index (χ3n) is 2.85. The lowest BCUT2D eigenvalue weighted by Crippen LogP contribution is -2.08. The lowest BCUT2D eigenvalue weighted by Gasteiger charge is -2.12. The van der Waals surface area contributed by atoms with Crippen molar-refractivity contribution in [2.75, 3.05) is 25.2 Å². The fraction of sp³-hybridized carbons (Fsp3) is 0.429. The van der Waals surface area contributed by atoms with Gasteiger partial charge in [0.1, 0.15) is 0 Å². The number of hydrogen-bond acceptors (Lipinski definition) is 6. The molecule has 114 valence electrons. The van der Waals surface area contributed by atoms with Crippen LogP contribution < -0.4 is 15.2 Å². The van der Waals surface area contributed by atoms with Crippen LogP contribution in [0.15, 0.2) is 29.4 Å². The van der Waals surface area contributed by atoms with Gasteiger partial charge in [0.2, 0.25) is 5.95 Å². The summed E-state index contributed by atoms with van der Waals surface area (Å²) < 4.78 is 12.9. The first-order valence-electron chi connectivity index (χ1n) is 6.72. The molecule has 1 heterocycles. The summed E-state index contributed by atoms with van der Waals surface area (Å²) in [4.78, 5) is 0. The van der Waals surface area contributed by atoms with E-state index in [1.165, 1.54) is 0 Å². The average Bonchev–Trinajstić information content (AvgIpc) is 2.85. The summed E-state index contributed by atoms with van der Waals surface area (Å²) in [5.74, 6) is 2.67.